The van der Waals surface area contributed by atoms with Gasteiger partial charge in [-0.05, 0) is 31.1 Å². The summed E-state index contributed by atoms with van der Waals surface area (Å²) < 4.78 is 0. The molecule has 1 rings (SSSR count). The highest BCUT2D eigenvalue weighted by Gasteiger charge is 2.35. The maximum Gasteiger partial charge on any atom is 0.322 e. The second kappa shape index (κ2) is 27.9. The minimum Gasteiger partial charge on any atom is -0.481 e. The molecule has 0 radical (unpaired) electrons. The number of carboxylic acids is 2. The highest BCUT2D eigenvalue weighted by molar-refractivity contribution is 5.98. The zero-order chi connectivity index (χ0) is 47.8. The van der Waals surface area contributed by atoms with E-state index in [1.807, 2.05) is 6.92 Å². The van der Waals surface area contributed by atoms with E-state index < -0.39 is 134 Å². The third kappa shape index (κ3) is 21.0. The first-order chi connectivity index (χ1) is 29.6. The summed E-state index contributed by atoms with van der Waals surface area (Å²) >= 11 is 0. The number of carboxylic acid groups (broad SMARTS) is 2. The van der Waals surface area contributed by atoms with Crippen LogP contribution in [-0.4, -0.2) is 141 Å². The zero-order valence-electron chi connectivity index (χ0n) is 35.7. The molecular weight excluding hydrogens is 832 g/mol. The molecule has 352 valence electrons. The van der Waals surface area contributed by atoms with Gasteiger partial charge in [-0.25, -0.2) is 4.98 Å². The van der Waals surface area contributed by atoms with E-state index in [4.69, 9.17) is 28.0 Å². The summed E-state index contributed by atoms with van der Waals surface area (Å²) in [5.41, 5.74) is 22.6. The highest BCUT2D eigenvalue weighted by Crippen LogP contribution is 2.13. The van der Waals surface area contributed by atoms with Crippen molar-refractivity contribution in [2.24, 2.45) is 39.8 Å². The van der Waals surface area contributed by atoms with E-state index in [-0.39, 0.29) is 37.7 Å². The van der Waals surface area contributed by atoms with Crippen molar-refractivity contribution in [3.8, 4) is 0 Å². The molecule has 18 N–H and O–H groups in total. The molecule has 63 heavy (non-hydrogen) atoms. The van der Waals surface area contributed by atoms with Crippen LogP contribution in [0.15, 0.2) is 17.5 Å². The lowest BCUT2D eigenvalue weighted by Gasteiger charge is -2.29. The summed E-state index contributed by atoms with van der Waals surface area (Å²) in [4.78, 5) is 138. The summed E-state index contributed by atoms with van der Waals surface area (Å²) in [6.45, 7) is 5.60. The minimum atomic E-state index is -1.90. The SMILES string of the molecule is CC[C@H](C)[C@H](N)C(=O)N[C@H](C(=O)N[C@@H](CCC(N)=O)C(=O)N[C@@H](CC(=O)O)C(=O)N[C@@H](CCCN=C(N)N)C(=O)N[C@@H](Cc1cnc[nH]1)C(=O)NCC(=O)NCC(=O)O)[C@@H](C)CC. The fraction of sp³-hybridized carbons (Fsp3) is 0.622. The molecule has 0 fully saturated rings. The summed E-state index contributed by atoms with van der Waals surface area (Å²) in [5, 5.41) is 35.1. The van der Waals surface area contributed by atoms with Gasteiger partial charge in [0.05, 0.1) is 25.3 Å². The lowest BCUT2D eigenvalue weighted by molar-refractivity contribution is -0.141. The van der Waals surface area contributed by atoms with Crippen LogP contribution in [0.5, 0.6) is 0 Å². The van der Waals surface area contributed by atoms with Gasteiger partial charge in [0.2, 0.25) is 47.3 Å². The Bertz CT molecular complexity index is 1770. The Morgan fingerprint density at radius 2 is 1.27 bits per heavy atom. The number of amides is 8. The smallest absolute Gasteiger partial charge is 0.322 e. The van der Waals surface area contributed by atoms with E-state index >= 15 is 0 Å². The van der Waals surface area contributed by atoms with Crippen molar-refractivity contribution in [2.75, 3.05) is 19.6 Å². The summed E-state index contributed by atoms with van der Waals surface area (Å²) in [5.74, 6) is -11.3. The first kappa shape index (κ1) is 54.2. The number of hydrogen-bond donors (Lipinski definition) is 14. The van der Waals surface area contributed by atoms with Crippen LogP contribution in [0, 0.1) is 11.8 Å². The molecule has 1 heterocycles. The zero-order valence-corrected chi connectivity index (χ0v) is 35.7. The van der Waals surface area contributed by atoms with E-state index in [1.165, 1.54) is 12.5 Å². The average Bonchev–Trinajstić information content (AvgIpc) is 3.74. The molecule has 1 aromatic rings. The average molecular weight is 895 g/mol. The van der Waals surface area contributed by atoms with Gasteiger partial charge in [-0.3, -0.25) is 52.9 Å². The standard InChI is InChI=1S/C37H62N14O12/c1-5-18(3)29(39)35(62)51-30(19(4)6-2)36(63)48-22(9-10-25(38)52)33(60)50-24(13-27(54)55)34(61)47-21(8-7-11-43-37(40)41)32(59)49-23(12-20-14-42-17-46-20)31(58)45-15-26(53)44-16-28(56)57/h14,17-19,21-24,29-30H,5-13,15-16,39H2,1-4H3,(H2,38,52)(H,42,46)(H,44,53)(H,45,58)(H,47,61)(H,48,63)(H,49,59)(H,50,60)(H,51,62)(H,54,55)(H,56,57)(H4,40,41,43)/t18-,19-,21-,22-,23-,24-,29-,30-/m0/s1. The maximum absolute atomic E-state index is 13.8. The van der Waals surface area contributed by atoms with Crippen LogP contribution in [0.2, 0.25) is 0 Å². The number of aromatic amines is 1. The molecule has 0 aliphatic heterocycles. The third-order valence-electron chi connectivity index (χ3n) is 9.73. The van der Waals surface area contributed by atoms with Crippen LogP contribution < -0.4 is 60.2 Å². The van der Waals surface area contributed by atoms with Gasteiger partial charge in [0.1, 0.15) is 36.8 Å². The van der Waals surface area contributed by atoms with Gasteiger partial charge in [-0.2, -0.15) is 0 Å². The number of nitrogens with two attached hydrogens (primary N) is 4. The molecule has 0 unspecified atom stereocenters. The topological polar surface area (TPSA) is 440 Å². The summed E-state index contributed by atoms with van der Waals surface area (Å²) in [6.07, 6.45) is 1.36. The quantitative estimate of drug-likeness (QED) is 0.0195. The van der Waals surface area contributed by atoms with Crippen molar-refractivity contribution in [2.45, 2.75) is 115 Å². The van der Waals surface area contributed by atoms with Crippen molar-refractivity contribution in [3.63, 3.8) is 0 Å². The molecular formula is C37H62N14O12. The number of rotatable bonds is 30. The Morgan fingerprint density at radius 3 is 1.81 bits per heavy atom. The number of carbonyl (C=O) groups is 10. The van der Waals surface area contributed by atoms with E-state index in [0.29, 0.717) is 18.5 Å². The van der Waals surface area contributed by atoms with Crippen LogP contribution in [0.3, 0.4) is 0 Å². The number of nitrogens with zero attached hydrogens (tertiary/aromatic N) is 2. The third-order valence-corrected chi connectivity index (χ3v) is 9.73. The molecule has 8 amide bonds. The number of H-pyrrole nitrogens is 1. The Hall–Kier alpha value is -6.86. The molecule has 8 atom stereocenters. The molecule has 26 heteroatoms. The molecule has 0 aliphatic rings. The van der Waals surface area contributed by atoms with Gasteiger partial charge in [0.25, 0.3) is 0 Å². The van der Waals surface area contributed by atoms with Gasteiger partial charge < -0.3 is 75.3 Å². The lowest BCUT2D eigenvalue weighted by Crippen LogP contribution is -2.60. The van der Waals surface area contributed by atoms with Gasteiger partial charge >= 0.3 is 11.9 Å². The van der Waals surface area contributed by atoms with Crippen LogP contribution >= 0.6 is 0 Å². The molecule has 1 aromatic heterocycles. The monoisotopic (exact) mass is 894 g/mol. The Labute approximate surface area is 363 Å². The number of aromatic nitrogens is 2. The van der Waals surface area contributed by atoms with E-state index in [2.05, 4.69) is 52.2 Å². The van der Waals surface area contributed by atoms with Crippen molar-refractivity contribution in [1.29, 1.82) is 0 Å². The van der Waals surface area contributed by atoms with Gasteiger partial charge in [-0.1, -0.05) is 40.5 Å². The molecule has 0 saturated carbocycles. The molecule has 0 aliphatic carbocycles. The summed E-state index contributed by atoms with van der Waals surface area (Å²) in [6, 6.07) is -8.62. The van der Waals surface area contributed by atoms with Crippen molar-refractivity contribution >= 4 is 65.2 Å². The van der Waals surface area contributed by atoms with Crippen molar-refractivity contribution in [1.82, 2.24) is 47.2 Å². The van der Waals surface area contributed by atoms with E-state index in [9.17, 15) is 53.1 Å². The Balaban J connectivity index is 3.45. The van der Waals surface area contributed by atoms with Crippen molar-refractivity contribution in [3.05, 3.63) is 18.2 Å². The number of carbonyl (C=O) groups excluding carboxylic acids is 8. The number of hydrogen-bond acceptors (Lipinski definition) is 13. The lowest BCUT2D eigenvalue weighted by atomic mass is 9.95. The second-order valence-electron chi connectivity index (χ2n) is 14.7. The molecule has 0 bridgehead atoms. The van der Waals surface area contributed by atoms with Crippen molar-refractivity contribution < 1.29 is 58.2 Å². The fourth-order valence-corrected chi connectivity index (χ4v) is 5.61. The van der Waals surface area contributed by atoms with Gasteiger partial charge in [0.15, 0.2) is 5.96 Å². The number of imidazole rings is 1. The number of primary amides is 1. The molecule has 0 spiro atoms. The second-order valence-corrected chi connectivity index (χ2v) is 14.7. The van der Waals surface area contributed by atoms with Crippen LogP contribution in [0.1, 0.15) is 78.3 Å². The van der Waals surface area contributed by atoms with E-state index in [0.717, 1.165) is 0 Å². The number of nitrogens with one attached hydrogen (secondary N) is 8. The molecule has 26 nitrogen and oxygen atoms in total. The molecule has 0 aromatic carbocycles. The number of aliphatic imine (C=N–C) groups is 1. The maximum atomic E-state index is 13.8. The Kier molecular flexibility index (Phi) is 24.0. The molecule has 0 saturated heterocycles. The minimum absolute atomic E-state index is 0.0380. The summed E-state index contributed by atoms with van der Waals surface area (Å²) in [7, 11) is 0. The van der Waals surface area contributed by atoms with Gasteiger partial charge in [-0.15, -0.1) is 0 Å². The predicted octanol–water partition coefficient (Wildman–Crippen LogP) is -5.09. The first-order valence-corrected chi connectivity index (χ1v) is 20.2. The Morgan fingerprint density at radius 1 is 0.698 bits per heavy atom. The van der Waals surface area contributed by atoms with E-state index in [1.54, 1.807) is 20.8 Å². The highest BCUT2D eigenvalue weighted by atomic mass is 16.4. The fourth-order valence-electron chi connectivity index (χ4n) is 5.61. The number of guanidine groups is 1. The largest absolute Gasteiger partial charge is 0.481 e. The normalized spacial score (nSPS) is 14.6. The number of aliphatic carboxylic acids is 2. The van der Waals surface area contributed by atoms with Crippen LogP contribution in [0.4, 0.5) is 0 Å². The van der Waals surface area contributed by atoms with Crippen LogP contribution in [-0.2, 0) is 54.4 Å². The first-order valence-electron chi connectivity index (χ1n) is 20.2. The predicted molar refractivity (Wildman–Crippen MR) is 223 cm³/mol. The van der Waals surface area contributed by atoms with Gasteiger partial charge in [0, 0.05) is 31.3 Å². The van der Waals surface area contributed by atoms with Crippen LogP contribution in [0.25, 0.3) is 0 Å².